The van der Waals surface area contributed by atoms with E-state index in [1.165, 1.54) is 6.26 Å². The third-order valence-electron chi connectivity index (χ3n) is 3.75. The summed E-state index contributed by atoms with van der Waals surface area (Å²) in [7, 11) is -1.26. The Bertz CT molecular complexity index is 496. The first-order valence-electron chi connectivity index (χ1n) is 6.69. The topological polar surface area (TPSA) is 64.0 Å². The van der Waals surface area contributed by atoms with E-state index in [0.717, 1.165) is 12.1 Å². The summed E-state index contributed by atoms with van der Waals surface area (Å²) in [6, 6.07) is 2.22. The molecule has 0 aliphatic heterocycles. The molecule has 3 atom stereocenters. The minimum absolute atomic E-state index is 0.115. The zero-order valence-electron chi connectivity index (χ0n) is 12.4. The van der Waals surface area contributed by atoms with Gasteiger partial charge in [-0.05, 0) is 33.4 Å². The van der Waals surface area contributed by atoms with Crippen molar-refractivity contribution in [2.75, 3.05) is 13.3 Å². The summed E-state index contributed by atoms with van der Waals surface area (Å²) in [6.45, 7) is 5.97. The van der Waals surface area contributed by atoms with Crippen LogP contribution < -0.4 is 5.32 Å². The van der Waals surface area contributed by atoms with Gasteiger partial charge >= 0.3 is 0 Å². The van der Waals surface area contributed by atoms with Gasteiger partial charge in [0, 0.05) is 31.0 Å². The van der Waals surface area contributed by atoms with Crippen molar-refractivity contribution in [1.29, 1.82) is 0 Å². The molecule has 1 N–H and O–H groups in total. The Morgan fingerprint density at radius 1 is 1.42 bits per heavy atom. The maximum Gasteiger partial charge on any atom is 0.151 e. The normalized spacial score (nSPS) is 17.1. The summed E-state index contributed by atoms with van der Waals surface area (Å²) in [4.78, 5) is 0. The fourth-order valence-electron chi connectivity index (χ4n) is 1.95. The van der Waals surface area contributed by atoms with Crippen molar-refractivity contribution in [3.05, 3.63) is 18.0 Å². The van der Waals surface area contributed by atoms with E-state index in [0.29, 0.717) is 12.5 Å². The van der Waals surface area contributed by atoms with Crippen LogP contribution in [0.3, 0.4) is 0 Å². The van der Waals surface area contributed by atoms with Crippen LogP contribution in [0.2, 0.25) is 0 Å². The number of nitrogens with zero attached hydrogens (tertiary/aromatic N) is 2. The SMILES string of the molecule is CCC(C)n1ccc(CC(NC)C(C)S(C)(=O)=O)n1. The lowest BCUT2D eigenvalue weighted by Crippen LogP contribution is -2.42. The number of hydrogen-bond donors (Lipinski definition) is 1. The first-order valence-corrected chi connectivity index (χ1v) is 8.65. The number of hydrogen-bond acceptors (Lipinski definition) is 4. The summed E-state index contributed by atoms with van der Waals surface area (Å²) in [5, 5.41) is 7.17. The van der Waals surface area contributed by atoms with Crippen LogP contribution in [-0.4, -0.2) is 42.8 Å². The molecule has 0 saturated carbocycles. The lowest BCUT2D eigenvalue weighted by Gasteiger charge is -2.21. The highest BCUT2D eigenvalue weighted by Crippen LogP contribution is 2.13. The Balaban J connectivity index is 2.79. The molecule has 6 heteroatoms. The Kier molecular flexibility index (Phi) is 5.55. The molecule has 1 heterocycles. The molecule has 0 amide bonds. The van der Waals surface area contributed by atoms with Gasteiger partial charge < -0.3 is 5.32 Å². The van der Waals surface area contributed by atoms with E-state index in [1.54, 1.807) is 14.0 Å². The van der Waals surface area contributed by atoms with Gasteiger partial charge in [0.15, 0.2) is 9.84 Å². The summed E-state index contributed by atoms with van der Waals surface area (Å²) >= 11 is 0. The largest absolute Gasteiger partial charge is 0.315 e. The molecule has 0 aliphatic rings. The summed E-state index contributed by atoms with van der Waals surface area (Å²) < 4.78 is 25.2. The molecule has 110 valence electrons. The van der Waals surface area contributed by atoms with Crippen molar-refractivity contribution in [2.24, 2.45) is 0 Å². The summed E-state index contributed by atoms with van der Waals surface area (Å²) in [5.41, 5.74) is 0.926. The molecule has 0 bridgehead atoms. The van der Waals surface area contributed by atoms with E-state index in [9.17, 15) is 8.42 Å². The van der Waals surface area contributed by atoms with Crippen LogP contribution in [0.4, 0.5) is 0 Å². The van der Waals surface area contributed by atoms with Gasteiger partial charge in [0.25, 0.3) is 0 Å². The molecule has 0 fully saturated rings. The van der Waals surface area contributed by atoms with E-state index in [-0.39, 0.29) is 6.04 Å². The molecule has 0 saturated heterocycles. The van der Waals surface area contributed by atoms with E-state index in [2.05, 4.69) is 24.3 Å². The van der Waals surface area contributed by atoms with E-state index in [1.807, 2.05) is 16.9 Å². The second kappa shape index (κ2) is 6.52. The zero-order chi connectivity index (χ0) is 14.6. The monoisotopic (exact) mass is 287 g/mol. The predicted octanol–water partition coefficient (Wildman–Crippen LogP) is 1.42. The van der Waals surface area contributed by atoms with E-state index >= 15 is 0 Å². The van der Waals surface area contributed by atoms with Crippen molar-refractivity contribution >= 4 is 9.84 Å². The van der Waals surface area contributed by atoms with Gasteiger partial charge in [-0.3, -0.25) is 4.68 Å². The molecular weight excluding hydrogens is 262 g/mol. The lowest BCUT2D eigenvalue weighted by molar-refractivity contribution is 0.465. The smallest absolute Gasteiger partial charge is 0.151 e. The van der Waals surface area contributed by atoms with Gasteiger partial charge in [-0.2, -0.15) is 5.10 Å². The summed E-state index contributed by atoms with van der Waals surface area (Å²) in [5.74, 6) is 0. The summed E-state index contributed by atoms with van der Waals surface area (Å²) in [6.07, 6.45) is 4.88. The van der Waals surface area contributed by atoms with Crippen molar-refractivity contribution in [3.63, 3.8) is 0 Å². The molecule has 1 aromatic heterocycles. The van der Waals surface area contributed by atoms with E-state index < -0.39 is 15.1 Å². The van der Waals surface area contributed by atoms with Crippen molar-refractivity contribution in [1.82, 2.24) is 15.1 Å². The van der Waals surface area contributed by atoms with Crippen LogP contribution >= 0.6 is 0 Å². The van der Waals surface area contributed by atoms with Crippen LogP contribution in [0.15, 0.2) is 12.3 Å². The highest BCUT2D eigenvalue weighted by molar-refractivity contribution is 7.91. The number of rotatable bonds is 7. The first kappa shape index (κ1) is 16.2. The average Bonchev–Trinajstić information content (AvgIpc) is 2.81. The molecule has 0 aromatic carbocycles. The Morgan fingerprint density at radius 3 is 2.53 bits per heavy atom. The molecule has 3 unspecified atom stereocenters. The van der Waals surface area contributed by atoms with E-state index in [4.69, 9.17) is 0 Å². The Hall–Kier alpha value is -0.880. The minimum Gasteiger partial charge on any atom is -0.315 e. The predicted molar refractivity (Wildman–Crippen MR) is 78.1 cm³/mol. The highest BCUT2D eigenvalue weighted by Gasteiger charge is 2.25. The fraction of sp³-hybridized carbons (Fsp3) is 0.769. The fourth-order valence-corrected chi connectivity index (χ4v) is 2.77. The van der Waals surface area contributed by atoms with Gasteiger partial charge in [0.1, 0.15) is 0 Å². The van der Waals surface area contributed by atoms with Crippen LogP contribution in [0.25, 0.3) is 0 Å². The molecule has 0 aliphatic carbocycles. The highest BCUT2D eigenvalue weighted by atomic mass is 32.2. The molecule has 1 aromatic rings. The number of likely N-dealkylation sites (N-methyl/N-ethyl adjacent to an activating group) is 1. The molecule has 0 radical (unpaired) electrons. The molecule has 5 nitrogen and oxygen atoms in total. The molecular formula is C13H25N3O2S. The second-order valence-corrected chi connectivity index (χ2v) is 7.58. The average molecular weight is 287 g/mol. The minimum atomic E-state index is -3.05. The third-order valence-corrected chi connectivity index (χ3v) is 5.43. The maximum atomic E-state index is 11.6. The Labute approximate surface area is 116 Å². The van der Waals surface area contributed by atoms with Crippen molar-refractivity contribution in [3.8, 4) is 0 Å². The van der Waals surface area contributed by atoms with Crippen LogP contribution in [0.1, 0.15) is 38.9 Å². The van der Waals surface area contributed by atoms with Crippen LogP contribution in [0.5, 0.6) is 0 Å². The Morgan fingerprint density at radius 2 is 2.05 bits per heavy atom. The van der Waals surface area contributed by atoms with Crippen LogP contribution in [-0.2, 0) is 16.3 Å². The first-order chi connectivity index (χ1) is 8.79. The van der Waals surface area contributed by atoms with Gasteiger partial charge in [0.2, 0.25) is 0 Å². The van der Waals surface area contributed by atoms with Crippen molar-refractivity contribution in [2.45, 2.75) is 50.9 Å². The second-order valence-electron chi connectivity index (χ2n) is 5.18. The third kappa shape index (κ3) is 4.31. The quantitative estimate of drug-likeness (QED) is 0.824. The zero-order valence-corrected chi connectivity index (χ0v) is 13.2. The number of nitrogens with one attached hydrogen (secondary N) is 1. The van der Waals surface area contributed by atoms with Gasteiger partial charge in [-0.1, -0.05) is 6.92 Å². The molecule has 0 spiro atoms. The van der Waals surface area contributed by atoms with Gasteiger partial charge in [-0.15, -0.1) is 0 Å². The standard InChI is InChI=1S/C13H25N3O2S/c1-6-10(2)16-8-7-12(15-16)9-13(14-4)11(3)19(5,17)18/h7-8,10-11,13-14H,6,9H2,1-5H3. The van der Waals surface area contributed by atoms with Gasteiger partial charge in [-0.25, -0.2) is 8.42 Å². The lowest BCUT2D eigenvalue weighted by atomic mass is 10.1. The maximum absolute atomic E-state index is 11.6. The molecule has 1 rings (SSSR count). The number of aromatic nitrogens is 2. The van der Waals surface area contributed by atoms with Crippen LogP contribution in [0, 0.1) is 0 Å². The van der Waals surface area contributed by atoms with Gasteiger partial charge in [0.05, 0.1) is 10.9 Å². The molecule has 19 heavy (non-hydrogen) atoms. The number of sulfone groups is 1. The van der Waals surface area contributed by atoms with Crippen molar-refractivity contribution < 1.29 is 8.42 Å².